The van der Waals surface area contributed by atoms with E-state index in [0.717, 1.165) is 49.2 Å². The molecule has 2 aliphatic rings. The Balaban J connectivity index is 1.79. The number of aliphatic hydroxyl groups is 1. The van der Waals surface area contributed by atoms with Gasteiger partial charge in [0.1, 0.15) is 0 Å². The molecule has 0 atom stereocenters. The Hall–Kier alpha value is -2.20. The van der Waals surface area contributed by atoms with Gasteiger partial charge in [0.15, 0.2) is 0 Å². The summed E-state index contributed by atoms with van der Waals surface area (Å²) in [7, 11) is -3.89. The van der Waals surface area contributed by atoms with E-state index in [1.54, 1.807) is 52.8 Å². The molecule has 0 radical (unpaired) electrons. The predicted octanol–water partition coefficient (Wildman–Crippen LogP) is 5.26. The fourth-order valence-electron chi connectivity index (χ4n) is 5.94. The summed E-state index contributed by atoms with van der Waals surface area (Å²) in [6.07, 6.45) is 7.61. The number of hydrogen-bond donors (Lipinski definition) is 3. The number of amides is 1. The van der Waals surface area contributed by atoms with Crippen LogP contribution in [-0.4, -0.2) is 48.8 Å². The third-order valence-electron chi connectivity index (χ3n) is 8.00. The Labute approximate surface area is 239 Å². The first-order chi connectivity index (χ1) is 18.7. The standard InChI is InChI=1S/C31H47N3O5S/c1-21-25(29(35)32-24-14-16-39-17-15-24)19-27(34(21)20-22-10-8-7-9-11-22)23-12-13-28(26(18-23)31(5,6)36)40(37,38)33-30(2,3)4/h12-13,18-19,22,24,33,36H,7-11,14-17,20H2,1-6H3,(H,32,35). The van der Waals surface area contributed by atoms with Gasteiger partial charge < -0.3 is 19.7 Å². The second-order valence-corrected chi connectivity index (χ2v) is 14.8. The third kappa shape index (κ3) is 7.35. The van der Waals surface area contributed by atoms with Crippen LogP contribution in [0.3, 0.4) is 0 Å². The quantitative estimate of drug-likeness (QED) is 0.399. The molecule has 1 aromatic carbocycles. The highest BCUT2D eigenvalue weighted by atomic mass is 32.2. The fourth-order valence-corrected chi connectivity index (χ4v) is 7.70. The van der Waals surface area contributed by atoms with Crippen LogP contribution in [0.2, 0.25) is 0 Å². The minimum atomic E-state index is -3.89. The van der Waals surface area contributed by atoms with Gasteiger partial charge >= 0.3 is 0 Å². The van der Waals surface area contributed by atoms with E-state index >= 15 is 0 Å². The van der Waals surface area contributed by atoms with E-state index in [-0.39, 0.29) is 16.8 Å². The predicted molar refractivity (Wildman–Crippen MR) is 158 cm³/mol. The van der Waals surface area contributed by atoms with E-state index < -0.39 is 21.2 Å². The average Bonchev–Trinajstić information content (AvgIpc) is 3.19. The minimum Gasteiger partial charge on any atom is -0.386 e. The first kappa shape index (κ1) is 30.8. The zero-order valence-electron chi connectivity index (χ0n) is 25.0. The lowest BCUT2D eigenvalue weighted by Crippen LogP contribution is -2.41. The molecule has 1 saturated carbocycles. The maximum atomic E-state index is 13.5. The van der Waals surface area contributed by atoms with Crippen LogP contribution in [0.5, 0.6) is 0 Å². The maximum absolute atomic E-state index is 13.5. The van der Waals surface area contributed by atoms with Crippen molar-refractivity contribution in [2.75, 3.05) is 13.2 Å². The molecule has 3 N–H and O–H groups in total. The molecule has 1 aliphatic heterocycles. The van der Waals surface area contributed by atoms with Gasteiger partial charge in [-0.1, -0.05) is 25.3 Å². The number of rotatable bonds is 8. The van der Waals surface area contributed by atoms with Gasteiger partial charge in [0.05, 0.1) is 16.1 Å². The lowest BCUT2D eigenvalue weighted by molar-refractivity contribution is 0.0695. The molecule has 0 unspecified atom stereocenters. The summed E-state index contributed by atoms with van der Waals surface area (Å²) >= 11 is 0. The molecule has 2 fully saturated rings. The van der Waals surface area contributed by atoms with Crippen LogP contribution >= 0.6 is 0 Å². The first-order valence-electron chi connectivity index (χ1n) is 14.7. The summed E-state index contributed by atoms with van der Waals surface area (Å²) in [6.45, 7) is 12.7. The Kier molecular flexibility index (Phi) is 9.19. The molecule has 1 amide bonds. The SMILES string of the molecule is Cc1c(C(=O)NC2CCOCC2)cc(-c2ccc(S(=O)(=O)NC(C)(C)C)c(C(C)(C)O)c2)n1CC1CCCCC1. The van der Waals surface area contributed by atoms with Crippen molar-refractivity contribution in [2.24, 2.45) is 5.92 Å². The summed E-state index contributed by atoms with van der Waals surface area (Å²) in [5, 5.41) is 14.3. The van der Waals surface area contributed by atoms with Gasteiger partial charge in [0.2, 0.25) is 10.0 Å². The molecule has 4 rings (SSSR count). The van der Waals surface area contributed by atoms with Crippen LogP contribution in [0.15, 0.2) is 29.2 Å². The molecule has 1 aromatic heterocycles. The van der Waals surface area contributed by atoms with Crippen LogP contribution in [0.4, 0.5) is 0 Å². The van der Waals surface area contributed by atoms with Gasteiger partial charge in [-0.15, -0.1) is 0 Å². The number of sulfonamides is 1. The van der Waals surface area contributed by atoms with Gasteiger partial charge in [-0.25, -0.2) is 13.1 Å². The maximum Gasteiger partial charge on any atom is 0.253 e. The van der Waals surface area contributed by atoms with E-state index in [0.29, 0.717) is 30.3 Å². The number of carbonyl (C=O) groups is 1. The lowest BCUT2D eigenvalue weighted by atomic mass is 9.89. The largest absolute Gasteiger partial charge is 0.386 e. The van der Waals surface area contributed by atoms with Crippen molar-refractivity contribution in [1.82, 2.24) is 14.6 Å². The van der Waals surface area contributed by atoms with Gasteiger partial charge in [0, 0.05) is 48.3 Å². The monoisotopic (exact) mass is 573 g/mol. The molecule has 1 saturated heterocycles. The molecule has 1 aliphatic carbocycles. The Morgan fingerprint density at radius 2 is 1.68 bits per heavy atom. The van der Waals surface area contributed by atoms with E-state index in [1.165, 1.54) is 19.3 Å². The Morgan fingerprint density at radius 1 is 1.02 bits per heavy atom. The second-order valence-electron chi connectivity index (χ2n) is 13.1. The molecule has 222 valence electrons. The summed E-state index contributed by atoms with van der Waals surface area (Å²) in [5.74, 6) is 0.429. The van der Waals surface area contributed by atoms with Gasteiger partial charge in [0.25, 0.3) is 5.91 Å². The summed E-state index contributed by atoms with van der Waals surface area (Å²) in [5.41, 5.74) is 1.41. The van der Waals surface area contributed by atoms with Gasteiger partial charge in [-0.3, -0.25) is 4.79 Å². The Bertz CT molecular complexity index is 1310. The fraction of sp³-hybridized carbons (Fsp3) is 0.645. The van der Waals surface area contributed by atoms with Crippen molar-refractivity contribution in [3.8, 4) is 11.3 Å². The van der Waals surface area contributed by atoms with Crippen molar-refractivity contribution in [3.63, 3.8) is 0 Å². The number of hydrogen-bond acceptors (Lipinski definition) is 5. The molecular formula is C31H47N3O5S. The zero-order chi connectivity index (χ0) is 29.3. The minimum absolute atomic E-state index is 0.0540. The number of ether oxygens (including phenoxy) is 1. The number of benzene rings is 1. The third-order valence-corrected chi connectivity index (χ3v) is 9.81. The van der Waals surface area contributed by atoms with E-state index in [9.17, 15) is 18.3 Å². The van der Waals surface area contributed by atoms with Gasteiger partial charge in [-0.05, 0) is 96.9 Å². The van der Waals surface area contributed by atoms with Crippen LogP contribution in [-0.2, 0) is 26.9 Å². The van der Waals surface area contributed by atoms with Crippen LogP contribution < -0.4 is 10.0 Å². The van der Waals surface area contributed by atoms with Crippen molar-refractivity contribution in [1.29, 1.82) is 0 Å². The average molecular weight is 574 g/mol. The molecule has 2 heterocycles. The number of aromatic nitrogens is 1. The number of nitrogens with one attached hydrogen (secondary N) is 2. The molecule has 0 spiro atoms. The van der Waals surface area contributed by atoms with Crippen molar-refractivity contribution in [2.45, 2.75) is 115 Å². The Morgan fingerprint density at radius 3 is 2.27 bits per heavy atom. The summed E-state index contributed by atoms with van der Waals surface area (Å²) in [4.78, 5) is 13.5. The van der Waals surface area contributed by atoms with Crippen LogP contribution in [0.1, 0.15) is 101 Å². The lowest BCUT2D eigenvalue weighted by Gasteiger charge is -2.27. The highest BCUT2D eigenvalue weighted by molar-refractivity contribution is 7.89. The van der Waals surface area contributed by atoms with Crippen LogP contribution in [0, 0.1) is 12.8 Å². The molecule has 2 aromatic rings. The summed E-state index contributed by atoms with van der Waals surface area (Å²) < 4.78 is 37.1. The highest BCUT2D eigenvalue weighted by Gasteiger charge is 2.31. The van der Waals surface area contributed by atoms with E-state index in [2.05, 4.69) is 14.6 Å². The highest BCUT2D eigenvalue weighted by Crippen LogP contribution is 2.36. The van der Waals surface area contributed by atoms with Gasteiger partial charge in [-0.2, -0.15) is 0 Å². The molecular weight excluding hydrogens is 526 g/mol. The number of nitrogens with zero attached hydrogens (tertiary/aromatic N) is 1. The molecule has 9 heteroatoms. The van der Waals surface area contributed by atoms with Crippen molar-refractivity contribution >= 4 is 15.9 Å². The first-order valence-corrected chi connectivity index (χ1v) is 16.1. The van der Waals surface area contributed by atoms with E-state index in [4.69, 9.17) is 4.74 Å². The van der Waals surface area contributed by atoms with E-state index in [1.807, 2.05) is 13.0 Å². The normalized spacial score (nSPS) is 18.2. The zero-order valence-corrected chi connectivity index (χ0v) is 25.8. The topological polar surface area (TPSA) is 110 Å². The smallest absolute Gasteiger partial charge is 0.253 e. The molecule has 8 nitrogen and oxygen atoms in total. The second kappa shape index (κ2) is 12.0. The number of carbonyl (C=O) groups excluding carboxylic acids is 1. The molecule has 0 bridgehead atoms. The molecule has 40 heavy (non-hydrogen) atoms. The van der Waals surface area contributed by atoms with Crippen LogP contribution in [0.25, 0.3) is 11.3 Å². The summed E-state index contributed by atoms with van der Waals surface area (Å²) in [6, 6.07) is 7.15. The van der Waals surface area contributed by atoms with Crippen molar-refractivity contribution in [3.05, 3.63) is 41.1 Å². The van der Waals surface area contributed by atoms with Crippen molar-refractivity contribution < 1.29 is 23.1 Å².